The Morgan fingerprint density at radius 2 is 2.09 bits per heavy atom. The predicted molar refractivity (Wildman–Crippen MR) is 96.3 cm³/mol. The lowest BCUT2D eigenvalue weighted by molar-refractivity contribution is 0.222. The first-order valence-corrected chi connectivity index (χ1v) is 8.54. The van der Waals surface area contributed by atoms with Crippen molar-refractivity contribution >= 4 is 17.3 Å². The number of nitrogens with one attached hydrogen (secondary N) is 2. The molecule has 0 fully saturated rings. The highest BCUT2D eigenvalue weighted by Gasteiger charge is 2.08. The van der Waals surface area contributed by atoms with Crippen LogP contribution in [0.15, 0.2) is 34.8 Å². The molecule has 0 amide bonds. The SMILES string of the molecule is CN=C(NCc1scnc1C)NCC(C)Oc1ccccc1C. The molecule has 1 aromatic carbocycles. The summed E-state index contributed by atoms with van der Waals surface area (Å²) < 4.78 is 5.96. The van der Waals surface area contributed by atoms with E-state index < -0.39 is 0 Å². The van der Waals surface area contributed by atoms with Gasteiger partial charge in [0.15, 0.2) is 5.96 Å². The van der Waals surface area contributed by atoms with Gasteiger partial charge in [0.2, 0.25) is 0 Å². The number of thiazole rings is 1. The van der Waals surface area contributed by atoms with Gasteiger partial charge in [-0.25, -0.2) is 4.98 Å². The number of para-hydroxylation sites is 1. The Kier molecular flexibility index (Phi) is 6.40. The normalized spacial score (nSPS) is 12.8. The maximum Gasteiger partial charge on any atom is 0.191 e. The number of ether oxygens (including phenoxy) is 1. The molecule has 2 N–H and O–H groups in total. The minimum atomic E-state index is 0.0415. The standard InChI is InChI=1S/C17H24N4OS/c1-12-7-5-6-8-15(12)22-13(2)9-19-17(18-4)20-10-16-14(3)21-11-23-16/h5-8,11,13H,9-10H2,1-4H3,(H2,18,19,20). The van der Waals surface area contributed by atoms with E-state index in [1.165, 1.54) is 4.88 Å². The zero-order valence-corrected chi connectivity index (χ0v) is 14.9. The fourth-order valence-electron chi connectivity index (χ4n) is 2.07. The van der Waals surface area contributed by atoms with Crippen molar-refractivity contribution in [2.75, 3.05) is 13.6 Å². The number of aromatic nitrogens is 1. The van der Waals surface area contributed by atoms with Crippen molar-refractivity contribution in [3.8, 4) is 5.75 Å². The Balaban J connectivity index is 1.79. The number of benzene rings is 1. The molecule has 2 aromatic rings. The molecule has 0 saturated heterocycles. The largest absolute Gasteiger partial charge is 0.489 e. The molecule has 1 heterocycles. The third-order valence-electron chi connectivity index (χ3n) is 3.46. The monoisotopic (exact) mass is 332 g/mol. The number of aryl methyl sites for hydroxylation is 2. The van der Waals surface area contributed by atoms with Crippen LogP contribution in [-0.2, 0) is 6.54 Å². The van der Waals surface area contributed by atoms with E-state index in [4.69, 9.17) is 4.74 Å². The number of guanidine groups is 1. The van der Waals surface area contributed by atoms with Crippen molar-refractivity contribution in [1.82, 2.24) is 15.6 Å². The van der Waals surface area contributed by atoms with Gasteiger partial charge in [-0.1, -0.05) is 18.2 Å². The number of hydrogen-bond acceptors (Lipinski definition) is 4. The Morgan fingerprint density at radius 1 is 1.30 bits per heavy atom. The molecule has 0 aliphatic heterocycles. The first-order chi connectivity index (χ1) is 11.1. The predicted octanol–water partition coefficient (Wildman–Crippen LogP) is 2.89. The molecule has 5 nitrogen and oxygen atoms in total. The molecule has 0 bridgehead atoms. The number of nitrogens with zero attached hydrogens (tertiary/aromatic N) is 2. The smallest absolute Gasteiger partial charge is 0.191 e. The molecule has 2 rings (SSSR count). The van der Waals surface area contributed by atoms with Gasteiger partial charge in [0.1, 0.15) is 11.9 Å². The van der Waals surface area contributed by atoms with Gasteiger partial charge in [-0.3, -0.25) is 4.99 Å². The van der Waals surface area contributed by atoms with Crippen molar-refractivity contribution in [2.24, 2.45) is 4.99 Å². The molecule has 1 atom stereocenters. The van der Waals surface area contributed by atoms with Crippen molar-refractivity contribution in [1.29, 1.82) is 0 Å². The van der Waals surface area contributed by atoms with Gasteiger partial charge >= 0.3 is 0 Å². The van der Waals surface area contributed by atoms with Crippen LogP contribution in [0.5, 0.6) is 5.75 Å². The lowest BCUT2D eigenvalue weighted by atomic mass is 10.2. The fraction of sp³-hybridized carbons (Fsp3) is 0.412. The van der Waals surface area contributed by atoms with Crippen LogP contribution >= 0.6 is 11.3 Å². The molecule has 0 aliphatic carbocycles. The van der Waals surface area contributed by atoms with Crippen LogP contribution in [0.3, 0.4) is 0 Å². The molecule has 23 heavy (non-hydrogen) atoms. The van der Waals surface area contributed by atoms with E-state index in [0.717, 1.165) is 29.5 Å². The van der Waals surface area contributed by atoms with Crippen LogP contribution in [0.2, 0.25) is 0 Å². The van der Waals surface area contributed by atoms with Gasteiger partial charge in [-0.2, -0.15) is 0 Å². The van der Waals surface area contributed by atoms with Crippen LogP contribution in [0.25, 0.3) is 0 Å². The molecule has 1 unspecified atom stereocenters. The highest BCUT2D eigenvalue weighted by molar-refractivity contribution is 7.09. The lowest BCUT2D eigenvalue weighted by Gasteiger charge is -2.18. The molecule has 6 heteroatoms. The molecular weight excluding hydrogens is 308 g/mol. The second kappa shape index (κ2) is 8.53. The van der Waals surface area contributed by atoms with Crippen LogP contribution in [-0.4, -0.2) is 30.6 Å². The van der Waals surface area contributed by atoms with Crippen molar-refractivity contribution < 1.29 is 4.74 Å². The molecule has 0 radical (unpaired) electrons. The van der Waals surface area contributed by atoms with Crippen molar-refractivity contribution in [3.63, 3.8) is 0 Å². The first-order valence-electron chi connectivity index (χ1n) is 7.66. The van der Waals surface area contributed by atoms with Crippen molar-refractivity contribution in [3.05, 3.63) is 45.9 Å². The summed E-state index contributed by atoms with van der Waals surface area (Å²) in [6, 6.07) is 8.04. The summed E-state index contributed by atoms with van der Waals surface area (Å²) >= 11 is 1.65. The average Bonchev–Trinajstić information content (AvgIpc) is 2.95. The van der Waals surface area contributed by atoms with Gasteiger partial charge in [0, 0.05) is 11.9 Å². The summed E-state index contributed by atoms with van der Waals surface area (Å²) in [5.74, 6) is 1.68. The Hall–Kier alpha value is -2.08. The molecule has 0 aliphatic rings. The summed E-state index contributed by atoms with van der Waals surface area (Å²) in [5.41, 5.74) is 4.07. The maximum absolute atomic E-state index is 5.96. The van der Waals surface area contributed by atoms with E-state index in [-0.39, 0.29) is 6.10 Å². The summed E-state index contributed by atoms with van der Waals surface area (Å²) in [6.07, 6.45) is 0.0415. The fourth-order valence-corrected chi connectivity index (χ4v) is 2.78. The topological polar surface area (TPSA) is 58.5 Å². The van der Waals surface area contributed by atoms with Crippen LogP contribution in [0.1, 0.15) is 23.1 Å². The van der Waals surface area contributed by atoms with E-state index in [1.54, 1.807) is 18.4 Å². The van der Waals surface area contributed by atoms with Crippen LogP contribution in [0, 0.1) is 13.8 Å². The third-order valence-corrected chi connectivity index (χ3v) is 4.40. The average molecular weight is 332 g/mol. The van der Waals surface area contributed by atoms with Gasteiger partial charge in [-0.15, -0.1) is 11.3 Å². The van der Waals surface area contributed by atoms with E-state index in [2.05, 4.69) is 20.6 Å². The van der Waals surface area contributed by atoms with E-state index >= 15 is 0 Å². The second-order valence-corrected chi connectivity index (χ2v) is 6.30. The van der Waals surface area contributed by atoms with Gasteiger partial charge in [-0.05, 0) is 32.4 Å². The number of aliphatic imine (C=N–C) groups is 1. The molecular formula is C17H24N4OS. The summed E-state index contributed by atoms with van der Waals surface area (Å²) in [7, 11) is 1.77. The van der Waals surface area contributed by atoms with Crippen molar-refractivity contribution in [2.45, 2.75) is 33.4 Å². The Bertz CT molecular complexity index is 654. The quantitative estimate of drug-likeness (QED) is 0.631. The number of rotatable bonds is 6. The first kappa shape index (κ1) is 17.3. The summed E-state index contributed by atoms with van der Waals surface area (Å²) in [6.45, 7) is 7.51. The van der Waals surface area contributed by atoms with Gasteiger partial charge in [0.25, 0.3) is 0 Å². The highest BCUT2D eigenvalue weighted by Crippen LogP contribution is 2.17. The Morgan fingerprint density at radius 3 is 2.74 bits per heavy atom. The minimum absolute atomic E-state index is 0.0415. The molecule has 1 aromatic heterocycles. The highest BCUT2D eigenvalue weighted by atomic mass is 32.1. The van der Waals surface area contributed by atoms with Gasteiger partial charge < -0.3 is 15.4 Å². The van der Waals surface area contributed by atoms with E-state index in [9.17, 15) is 0 Å². The lowest BCUT2D eigenvalue weighted by Crippen LogP contribution is -2.41. The second-order valence-electron chi connectivity index (χ2n) is 5.36. The zero-order valence-electron chi connectivity index (χ0n) is 14.1. The molecule has 0 spiro atoms. The van der Waals surface area contributed by atoms with E-state index in [0.29, 0.717) is 6.54 Å². The molecule has 124 valence electrons. The zero-order chi connectivity index (χ0) is 16.7. The van der Waals surface area contributed by atoms with Gasteiger partial charge in [0.05, 0.1) is 24.3 Å². The minimum Gasteiger partial charge on any atom is -0.489 e. The third kappa shape index (κ3) is 5.25. The number of hydrogen-bond donors (Lipinski definition) is 2. The Labute approximate surface area is 141 Å². The maximum atomic E-state index is 5.96. The van der Waals surface area contributed by atoms with E-state index in [1.807, 2.05) is 50.5 Å². The van der Waals surface area contributed by atoms with Crippen LogP contribution < -0.4 is 15.4 Å². The van der Waals surface area contributed by atoms with Crippen LogP contribution in [0.4, 0.5) is 0 Å². The molecule has 0 saturated carbocycles. The summed E-state index contributed by atoms with van der Waals surface area (Å²) in [4.78, 5) is 9.70. The summed E-state index contributed by atoms with van der Waals surface area (Å²) in [5, 5.41) is 6.59.